The zero-order valence-electron chi connectivity index (χ0n) is 22.3. The van der Waals surface area contributed by atoms with E-state index in [-0.39, 0.29) is 13.6 Å². The van der Waals surface area contributed by atoms with Crippen LogP contribution < -0.4 is 25.3 Å². The van der Waals surface area contributed by atoms with Crippen LogP contribution in [0.4, 0.5) is 0 Å². The van der Waals surface area contributed by atoms with Crippen LogP contribution in [0.2, 0.25) is 13.1 Å². The molecule has 0 N–H and O–H groups in total. The van der Waals surface area contributed by atoms with Gasteiger partial charge in [-0.25, -0.2) is 0 Å². The number of hydrogen-bond donors (Lipinski definition) is 0. The Morgan fingerprint density at radius 1 is 0.553 bits per heavy atom. The molecule has 0 saturated heterocycles. The first-order valence-electron chi connectivity index (χ1n) is 12.7. The van der Waals surface area contributed by atoms with Crippen molar-refractivity contribution in [1.29, 1.82) is 0 Å². The van der Waals surface area contributed by atoms with Gasteiger partial charge >= 0.3 is 0 Å². The molecule has 0 bridgehead atoms. The molecule has 0 fully saturated rings. The van der Waals surface area contributed by atoms with Crippen LogP contribution >= 0.6 is 7.47 Å². The third kappa shape index (κ3) is 5.08. The highest BCUT2D eigenvalue weighted by Gasteiger charge is 2.39. The molecule has 0 heterocycles. The van der Waals surface area contributed by atoms with Crippen LogP contribution in [-0.4, -0.2) is 35.5 Å². The summed E-state index contributed by atoms with van der Waals surface area (Å²) in [5.41, 5.74) is 0. The van der Waals surface area contributed by atoms with E-state index in [1.54, 1.807) is 14.2 Å². The molecule has 0 atom stereocenters. The molecular formula is C32H33O4PSi. The molecule has 5 rings (SSSR count). The summed E-state index contributed by atoms with van der Waals surface area (Å²) in [6.07, 6.45) is 0. The Kier molecular flexibility index (Phi) is 8.11. The van der Waals surface area contributed by atoms with Gasteiger partial charge < -0.3 is 18.9 Å². The summed E-state index contributed by atoms with van der Waals surface area (Å²) >= 11 is 0. The Bertz CT molecular complexity index is 1450. The fourth-order valence-electron chi connectivity index (χ4n) is 5.06. The Morgan fingerprint density at radius 2 is 1.00 bits per heavy atom. The Balaban J connectivity index is 1.84. The molecule has 4 nitrogen and oxygen atoms in total. The second-order valence-electron chi connectivity index (χ2n) is 9.63. The van der Waals surface area contributed by atoms with Crippen LogP contribution in [-0.2, 0) is 9.47 Å². The smallest absolute Gasteiger partial charge is 0.188 e. The highest BCUT2D eigenvalue weighted by Crippen LogP contribution is 2.51. The highest BCUT2D eigenvalue weighted by atomic mass is 31.4. The largest absolute Gasteiger partial charge is 0.466 e. The van der Waals surface area contributed by atoms with Crippen molar-refractivity contribution in [3.05, 3.63) is 103 Å². The number of methoxy groups -OCH3 is 2. The van der Waals surface area contributed by atoms with E-state index < -0.39 is 15.2 Å². The fraction of sp³-hybridized carbons (Fsp3) is 0.188. The number of fused-ring (bicyclic) bond motifs is 2. The molecule has 0 unspecified atom stereocenters. The summed E-state index contributed by atoms with van der Waals surface area (Å²) in [7, 11) is 0.229. The van der Waals surface area contributed by atoms with Gasteiger partial charge in [0.1, 0.15) is 19.2 Å². The molecule has 5 aromatic rings. The minimum atomic E-state index is -2.18. The molecule has 0 saturated carbocycles. The second-order valence-corrected chi connectivity index (χ2v) is 19.7. The van der Waals surface area contributed by atoms with Gasteiger partial charge in [-0.3, -0.25) is 0 Å². The fourth-order valence-corrected chi connectivity index (χ4v) is 14.9. The van der Waals surface area contributed by atoms with Crippen molar-refractivity contribution >= 4 is 52.6 Å². The summed E-state index contributed by atoms with van der Waals surface area (Å²) in [6.45, 7) is 5.28. The van der Waals surface area contributed by atoms with Crippen LogP contribution in [0.5, 0.6) is 11.5 Å². The van der Waals surface area contributed by atoms with Gasteiger partial charge in [-0.05, 0) is 18.2 Å². The molecule has 0 amide bonds. The molecule has 38 heavy (non-hydrogen) atoms. The minimum absolute atomic E-state index is 0.183. The lowest BCUT2D eigenvalue weighted by atomic mass is 10.1. The van der Waals surface area contributed by atoms with Gasteiger partial charge in [-0.2, -0.15) is 0 Å². The predicted molar refractivity (Wildman–Crippen MR) is 163 cm³/mol. The Labute approximate surface area is 226 Å². The van der Waals surface area contributed by atoms with Crippen LogP contribution in [0, 0.1) is 0 Å². The molecule has 6 heteroatoms. The number of rotatable bonds is 10. The number of ether oxygens (including phenoxy) is 4. The van der Waals surface area contributed by atoms with Crippen molar-refractivity contribution in [3.8, 4) is 11.5 Å². The second kappa shape index (κ2) is 11.7. The van der Waals surface area contributed by atoms with Gasteiger partial charge in [0.15, 0.2) is 13.6 Å². The lowest BCUT2D eigenvalue weighted by molar-refractivity contribution is 0.0529. The van der Waals surface area contributed by atoms with E-state index in [4.69, 9.17) is 18.9 Å². The van der Waals surface area contributed by atoms with Crippen LogP contribution in [0.25, 0.3) is 21.5 Å². The molecule has 0 aliphatic rings. The van der Waals surface area contributed by atoms with Crippen molar-refractivity contribution in [2.24, 2.45) is 0 Å². The molecule has 0 radical (unpaired) electrons. The first-order valence-corrected chi connectivity index (χ1v) is 17.9. The maximum absolute atomic E-state index is 6.39. The van der Waals surface area contributed by atoms with E-state index in [1.165, 1.54) is 15.8 Å². The average molecular weight is 541 g/mol. The molecule has 5 aromatic carbocycles. The summed E-state index contributed by atoms with van der Waals surface area (Å²) in [4.78, 5) is 0. The molecule has 0 spiro atoms. The standard InChI is InChI=1S/C32H33O4PSi/c1-33-22-35-31-27-16-10-8-12-24(27)18-20-29(31)37(38(3,4)26-14-6-5-7-15-26)30-21-19-25-13-9-11-17-28(25)32(30)36-23-34-2/h5-21H,22-23H2,1-4H3. The van der Waals surface area contributed by atoms with Gasteiger partial charge in [-0.15, -0.1) is 0 Å². The van der Waals surface area contributed by atoms with Crippen molar-refractivity contribution in [2.45, 2.75) is 13.1 Å². The highest BCUT2D eigenvalue weighted by molar-refractivity contribution is 8.06. The summed E-state index contributed by atoms with van der Waals surface area (Å²) in [6, 6.07) is 36.6. The number of benzene rings is 5. The van der Waals surface area contributed by atoms with Crippen molar-refractivity contribution < 1.29 is 18.9 Å². The van der Waals surface area contributed by atoms with Crippen molar-refractivity contribution in [2.75, 3.05) is 27.8 Å². The van der Waals surface area contributed by atoms with Crippen LogP contribution in [0.1, 0.15) is 0 Å². The van der Waals surface area contributed by atoms with E-state index in [9.17, 15) is 0 Å². The summed E-state index contributed by atoms with van der Waals surface area (Å²) in [5.74, 6) is 1.77. The van der Waals surface area contributed by atoms with Crippen molar-refractivity contribution in [3.63, 3.8) is 0 Å². The lowest BCUT2D eigenvalue weighted by Crippen LogP contribution is -2.45. The Morgan fingerprint density at radius 3 is 1.47 bits per heavy atom. The summed E-state index contributed by atoms with van der Waals surface area (Å²) < 4.78 is 23.6. The maximum Gasteiger partial charge on any atom is 0.188 e. The molecule has 0 aliphatic carbocycles. The number of hydrogen-bond acceptors (Lipinski definition) is 4. The van der Waals surface area contributed by atoms with E-state index in [2.05, 4.69) is 116 Å². The topological polar surface area (TPSA) is 36.9 Å². The molecular weight excluding hydrogens is 507 g/mol. The van der Waals surface area contributed by atoms with E-state index in [0.717, 1.165) is 33.0 Å². The SMILES string of the molecule is COCOc1c(P(c2ccc3ccccc3c2OCOC)[Si](C)(C)c2ccccc2)ccc2ccccc12. The minimum Gasteiger partial charge on any atom is -0.466 e. The maximum atomic E-state index is 6.39. The van der Waals surface area contributed by atoms with Gasteiger partial charge in [-0.1, -0.05) is 121 Å². The molecule has 0 aromatic heterocycles. The normalized spacial score (nSPS) is 11.8. The lowest BCUT2D eigenvalue weighted by Gasteiger charge is -2.36. The van der Waals surface area contributed by atoms with E-state index in [0.29, 0.717) is 0 Å². The first-order chi connectivity index (χ1) is 18.6. The van der Waals surface area contributed by atoms with Gasteiger partial charge in [0, 0.05) is 35.6 Å². The Hall–Kier alpha value is -3.21. The van der Waals surface area contributed by atoms with Crippen LogP contribution in [0.15, 0.2) is 103 Å². The van der Waals surface area contributed by atoms with Crippen molar-refractivity contribution in [1.82, 2.24) is 0 Å². The first kappa shape index (κ1) is 26.4. The molecule has 0 aliphatic heterocycles. The van der Waals surface area contributed by atoms with Gasteiger partial charge in [0.25, 0.3) is 0 Å². The monoisotopic (exact) mass is 540 g/mol. The quantitative estimate of drug-likeness (QED) is 0.115. The third-order valence-electron chi connectivity index (χ3n) is 6.88. The summed E-state index contributed by atoms with van der Waals surface area (Å²) in [5, 5.41) is 8.27. The third-order valence-corrected chi connectivity index (χ3v) is 17.0. The van der Waals surface area contributed by atoms with Crippen LogP contribution in [0.3, 0.4) is 0 Å². The van der Waals surface area contributed by atoms with E-state index >= 15 is 0 Å². The predicted octanol–water partition coefficient (Wildman–Crippen LogP) is 6.50. The average Bonchev–Trinajstić information content (AvgIpc) is 2.96. The van der Waals surface area contributed by atoms with Gasteiger partial charge in [0.05, 0.1) is 0 Å². The van der Waals surface area contributed by atoms with Gasteiger partial charge in [0.2, 0.25) is 0 Å². The zero-order chi connectivity index (χ0) is 26.5. The van der Waals surface area contributed by atoms with E-state index in [1.807, 2.05) is 0 Å². The zero-order valence-corrected chi connectivity index (χ0v) is 24.2. The molecule has 194 valence electrons.